The van der Waals surface area contributed by atoms with Gasteiger partial charge in [-0.15, -0.1) is 0 Å². The molecule has 2 aliphatic rings. The summed E-state index contributed by atoms with van der Waals surface area (Å²) in [6.45, 7) is 6.84. The van der Waals surface area contributed by atoms with Crippen LogP contribution in [0.15, 0.2) is 54.6 Å². The molecule has 2 saturated heterocycles. The van der Waals surface area contributed by atoms with Gasteiger partial charge in [0.1, 0.15) is 11.9 Å². The molecule has 200 valence electrons. The molecule has 0 spiro atoms. The van der Waals surface area contributed by atoms with Crippen LogP contribution in [0.4, 0.5) is 5.82 Å². The number of para-hydroxylation sites is 2. The Morgan fingerprint density at radius 3 is 2.38 bits per heavy atom. The highest BCUT2D eigenvalue weighted by atomic mass is 16.1. The second-order valence-corrected chi connectivity index (χ2v) is 11.2. The molecule has 7 heteroatoms. The maximum absolute atomic E-state index is 11.8. The van der Waals surface area contributed by atoms with E-state index in [4.69, 9.17) is 10.7 Å². The zero-order valence-electron chi connectivity index (χ0n) is 22.6. The lowest BCUT2D eigenvalue weighted by Gasteiger charge is -2.35. The summed E-state index contributed by atoms with van der Waals surface area (Å²) in [5, 5.41) is 10.4. The highest BCUT2D eigenvalue weighted by molar-refractivity contribution is 5.86. The molecule has 4 heterocycles. The number of carbonyl (C=O) groups is 1. The first-order valence-corrected chi connectivity index (χ1v) is 14.2. The summed E-state index contributed by atoms with van der Waals surface area (Å²) in [7, 11) is 0. The number of nitriles is 1. The number of amides is 1. The van der Waals surface area contributed by atoms with Crippen molar-refractivity contribution in [2.75, 3.05) is 31.1 Å². The van der Waals surface area contributed by atoms with Gasteiger partial charge in [-0.05, 0) is 86.9 Å². The van der Waals surface area contributed by atoms with Gasteiger partial charge in [-0.1, -0.05) is 42.5 Å². The van der Waals surface area contributed by atoms with Crippen LogP contribution in [0, 0.1) is 30.1 Å². The Kier molecular flexibility index (Phi) is 6.97. The number of aromatic nitrogens is 2. The monoisotopic (exact) mass is 520 g/mol. The number of carbonyl (C=O) groups excluding carboxylic acids is 1. The molecule has 2 N–H and O–H groups in total. The number of benzene rings is 2. The minimum atomic E-state index is -0.205. The van der Waals surface area contributed by atoms with Gasteiger partial charge in [0.25, 0.3) is 0 Å². The molecule has 2 aliphatic heterocycles. The van der Waals surface area contributed by atoms with Crippen molar-refractivity contribution in [3.05, 3.63) is 76.9 Å². The van der Waals surface area contributed by atoms with Crippen molar-refractivity contribution < 1.29 is 4.79 Å². The van der Waals surface area contributed by atoms with E-state index in [0.29, 0.717) is 11.5 Å². The molecular formula is C32H36N6O. The molecule has 0 radical (unpaired) electrons. The van der Waals surface area contributed by atoms with Crippen LogP contribution in [0.1, 0.15) is 47.9 Å². The molecule has 2 aromatic heterocycles. The first-order chi connectivity index (χ1) is 19.0. The fourth-order valence-corrected chi connectivity index (χ4v) is 6.64. The Bertz CT molecular complexity index is 1540. The van der Waals surface area contributed by atoms with E-state index in [-0.39, 0.29) is 11.8 Å². The summed E-state index contributed by atoms with van der Waals surface area (Å²) in [6, 6.07) is 21.4. The first kappa shape index (κ1) is 25.4. The highest BCUT2D eigenvalue weighted by Gasteiger charge is 2.30. The van der Waals surface area contributed by atoms with E-state index in [1.54, 1.807) is 0 Å². The average Bonchev–Trinajstić information content (AvgIpc) is 3.34. The highest BCUT2D eigenvalue weighted by Crippen LogP contribution is 2.37. The van der Waals surface area contributed by atoms with Crippen molar-refractivity contribution in [3.63, 3.8) is 0 Å². The van der Waals surface area contributed by atoms with E-state index in [1.807, 2.05) is 18.2 Å². The minimum Gasteiger partial charge on any atom is -0.369 e. The van der Waals surface area contributed by atoms with Crippen LogP contribution in [0.2, 0.25) is 0 Å². The number of pyridine rings is 1. The first-order valence-electron chi connectivity index (χ1n) is 14.2. The second-order valence-electron chi connectivity index (χ2n) is 11.2. The standard InChI is InChI=1S/C32H36N6O/c1-22-26(19-23-11-15-36(16-12-23)21-24-7-3-2-4-8-24)27(20-33)31-35-28-9-5-6-10-29(28)38(31)32(22)37-17-13-25(14-18-37)30(34)39/h2-10,23,25H,11-19,21H2,1H3,(H2,34,39). The molecule has 0 atom stereocenters. The summed E-state index contributed by atoms with van der Waals surface area (Å²) in [4.78, 5) is 21.7. The SMILES string of the molecule is Cc1c(CC2CCN(Cc3ccccc3)CC2)c(C#N)c2nc3ccccc3n2c1N1CCC(C(N)=O)CC1. The number of piperidine rings is 2. The third-order valence-corrected chi connectivity index (χ3v) is 8.84. The number of rotatable bonds is 6. The molecule has 4 aromatic rings. The third-order valence-electron chi connectivity index (χ3n) is 8.84. The summed E-state index contributed by atoms with van der Waals surface area (Å²) >= 11 is 0. The topological polar surface area (TPSA) is 90.7 Å². The second kappa shape index (κ2) is 10.7. The molecule has 2 aromatic carbocycles. The van der Waals surface area contributed by atoms with Crippen LogP contribution in [0.25, 0.3) is 16.7 Å². The number of fused-ring (bicyclic) bond motifs is 3. The lowest BCUT2D eigenvalue weighted by molar-refractivity contribution is -0.122. The Hall–Kier alpha value is -3.89. The predicted molar refractivity (Wildman–Crippen MR) is 154 cm³/mol. The van der Waals surface area contributed by atoms with Crippen LogP contribution >= 0.6 is 0 Å². The number of primary amides is 1. The van der Waals surface area contributed by atoms with E-state index in [9.17, 15) is 10.1 Å². The van der Waals surface area contributed by atoms with Crippen LogP contribution in [-0.4, -0.2) is 46.4 Å². The number of hydrogen-bond acceptors (Lipinski definition) is 5. The molecule has 2 fully saturated rings. The number of anilines is 1. The average molecular weight is 521 g/mol. The number of hydrogen-bond donors (Lipinski definition) is 1. The van der Waals surface area contributed by atoms with Gasteiger partial charge in [-0.25, -0.2) is 4.98 Å². The van der Waals surface area contributed by atoms with E-state index >= 15 is 0 Å². The van der Waals surface area contributed by atoms with Crippen molar-refractivity contribution >= 4 is 28.4 Å². The molecule has 0 saturated carbocycles. The van der Waals surface area contributed by atoms with Crippen molar-refractivity contribution in [2.45, 2.75) is 45.6 Å². The fraction of sp³-hybridized carbons (Fsp3) is 0.406. The van der Waals surface area contributed by atoms with Gasteiger partial charge in [-0.2, -0.15) is 5.26 Å². The van der Waals surface area contributed by atoms with Gasteiger partial charge in [0.2, 0.25) is 5.91 Å². The predicted octanol–water partition coefficient (Wildman–Crippen LogP) is 4.82. The Morgan fingerprint density at radius 2 is 1.69 bits per heavy atom. The molecule has 1 amide bonds. The van der Waals surface area contributed by atoms with Gasteiger partial charge >= 0.3 is 0 Å². The van der Waals surface area contributed by atoms with Crippen LogP contribution in [0.3, 0.4) is 0 Å². The largest absolute Gasteiger partial charge is 0.369 e. The number of likely N-dealkylation sites (tertiary alicyclic amines) is 1. The summed E-state index contributed by atoms with van der Waals surface area (Å²) in [5.41, 5.74) is 12.6. The van der Waals surface area contributed by atoms with Crippen molar-refractivity contribution in [1.29, 1.82) is 5.26 Å². The Balaban J connectivity index is 1.33. The van der Waals surface area contributed by atoms with Crippen molar-refractivity contribution in [1.82, 2.24) is 14.3 Å². The summed E-state index contributed by atoms with van der Waals surface area (Å²) < 4.78 is 2.18. The summed E-state index contributed by atoms with van der Waals surface area (Å²) in [6.07, 6.45) is 4.63. The van der Waals surface area contributed by atoms with Gasteiger partial charge < -0.3 is 10.6 Å². The molecule has 0 aliphatic carbocycles. The minimum absolute atomic E-state index is 0.0736. The van der Waals surface area contributed by atoms with E-state index in [1.165, 1.54) is 5.56 Å². The van der Waals surface area contributed by atoms with Crippen molar-refractivity contribution in [2.24, 2.45) is 17.6 Å². The lowest BCUT2D eigenvalue weighted by Crippen LogP contribution is -2.40. The molecule has 7 nitrogen and oxygen atoms in total. The molecule has 6 rings (SSSR count). The normalized spacial score (nSPS) is 17.6. The summed E-state index contributed by atoms with van der Waals surface area (Å²) in [5.74, 6) is 1.36. The molecule has 39 heavy (non-hydrogen) atoms. The Morgan fingerprint density at radius 1 is 1.00 bits per heavy atom. The quantitative estimate of drug-likeness (QED) is 0.394. The van der Waals surface area contributed by atoms with Gasteiger partial charge in [0.05, 0.1) is 16.6 Å². The number of nitrogens with zero attached hydrogens (tertiary/aromatic N) is 5. The van der Waals surface area contributed by atoms with Gasteiger partial charge in [-0.3, -0.25) is 14.1 Å². The van der Waals surface area contributed by atoms with E-state index in [0.717, 1.165) is 98.5 Å². The zero-order valence-corrected chi connectivity index (χ0v) is 22.6. The van der Waals surface area contributed by atoms with Crippen molar-refractivity contribution in [3.8, 4) is 6.07 Å². The van der Waals surface area contributed by atoms with Crippen LogP contribution in [-0.2, 0) is 17.8 Å². The zero-order chi connectivity index (χ0) is 26.9. The van der Waals surface area contributed by atoms with Gasteiger partial charge in [0, 0.05) is 25.6 Å². The van der Waals surface area contributed by atoms with Crippen LogP contribution < -0.4 is 10.6 Å². The van der Waals surface area contributed by atoms with Gasteiger partial charge in [0.15, 0.2) is 5.65 Å². The number of nitrogens with two attached hydrogens (primary N) is 1. The maximum Gasteiger partial charge on any atom is 0.220 e. The smallest absolute Gasteiger partial charge is 0.220 e. The number of imidazole rings is 1. The van der Waals surface area contributed by atoms with E-state index in [2.05, 4.69) is 63.6 Å². The third kappa shape index (κ3) is 4.86. The molecule has 0 unspecified atom stereocenters. The van der Waals surface area contributed by atoms with Crippen LogP contribution in [0.5, 0.6) is 0 Å². The molecule has 0 bridgehead atoms. The molecular weight excluding hydrogens is 484 g/mol. The lowest BCUT2D eigenvalue weighted by atomic mass is 9.86. The van der Waals surface area contributed by atoms with E-state index < -0.39 is 0 Å². The fourth-order valence-electron chi connectivity index (χ4n) is 6.64. The Labute approximate surface area is 229 Å². The maximum atomic E-state index is 11.8.